The van der Waals surface area contributed by atoms with Crippen LogP contribution in [0.2, 0.25) is 0 Å². The second-order valence-electron chi connectivity index (χ2n) is 7.33. The van der Waals surface area contributed by atoms with Gasteiger partial charge in [0, 0.05) is 12.3 Å². The highest BCUT2D eigenvalue weighted by Crippen LogP contribution is 2.33. The van der Waals surface area contributed by atoms with Crippen molar-refractivity contribution in [2.45, 2.75) is 27.7 Å². The molecule has 0 aliphatic carbocycles. The standard InChI is InChI=1S/C24H25N2/c1-16-14-18(3)22(19(4)15-16)26-13-10-17(2)23(26)24-21-9-7-6-8-20(21)11-12-25(24)5/h6-15H,1-5H3/q+1. The van der Waals surface area contributed by atoms with Crippen LogP contribution >= 0.6 is 0 Å². The molecule has 0 radical (unpaired) electrons. The Morgan fingerprint density at radius 2 is 1.50 bits per heavy atom. The molecule has 0 atom stereocenters. The second kappa shape index (κ2) is 6.14. The lowest BCUT2D eigenvalue weighted by molar-refractivity contribution is -0.659. The Labute approximate surface area is 155 Å². The van der Waals surface area contributed by atoms with E-state index in [1.807, 2.05) is 0 Å². The Hall–Kier alpha value is -2.87. The first-order valence-corrected chi connectivity index (χ1v) is 9.11. The van der Waals surface area contributed by atoms with E-state index in [0.29, 0.717) is 0 Å². The highest BCUT2D eigenvalue weighted by molar-refractivity contribution is 5.93. The highest BCUT2D eigenvalue weighted by atomic mass is 15.0. The van der Waals surface area contributed by atoms with E-state index in [2.05, 4.69) is 105 Å². The molecule has 0 spiro atoms. The number of fused-ring (bicyclic) bond motifs is 1. The van der Waals surface area contributed by atoms with E-state index >= 15 is 0 Å². The van der Waals surface area contributed by atoms with E-state index in [1.165, 1.54) is 50.1 Å². The average molecular weight is 341 g/mol. The van der Waals surface area contributed by atoms with Crippen molar-refractivity contribution in [2.75, 3.05) is 0 Å². The maximum absolute atomic E-state index is 2.36. The van der Waals surface area contributed by atoms with Crippen LogP contribution in [0.4, 0.5) is 0 Å². The van der Waals surface area contributed by atoms with Gasteiger partial charge in [0.1, 0.15) is 12.7 Å². The van der Waals surface area contributed by atoms with Gasteiger partial charge < -0.3 is 4.57 Å². The molecule has 0 fully saturated rings. The molecule has 0 aliphatic rings. The molecule has 4 aromatic rings. The van der Waals surface area contributed by atoms with E-state index in [4.69, 9.17) is 0 Å². The summed E-state index contributed by atoms with van der Waals surface area (Å²) in [5, 5.41) is 2.55. The molecule has 2 heterocycles. The monoisotopic (exact) mass is 341 g/mol. The van der Waals surface area contributed by atoms with Crippen molar-refractivity contribution in [3.05, 3.63) is 83.2 Å². The van der Waals surface area contributed by atoms with Gasteiger partial charge in [0.2, 0.25) is 5.69 Å². The van der Waals surface area contributed by atoms with Crippen molar-refractivity contribution in [1.29, 1.82) is 0 Å². The van der Waals surface area contributed by atoms with Crippen molar-refractivity contribution in [3.8, 4) is 17.1 Å². The molecule has 26 heavy (non-hydrogen) atoms. The van der Waals surface area contributed by atoms with Crippen LogP contribution in [0, 0.1) is 27.7 Å². The molecule has 2 nitrogen and oxygen atoms in total. The fourth-order valence-corrected chi connectivity index (χ4v) is 4.18. The Morgan fingerprint density at radius 1 is 0.808 bits per heavy atom. The summed E-state index contributed by atoms with van der Waals surface area (Å²) in [6.07, 6.45) is 4.36. The predicted octanol–water partition coefficient (Wildman–Crippen LogP) is 5.36. The minimum absolute atomic E-state index is 1.25. The van der Waals surface area contributed by atoms with Crippen LogP contribution in [0.5, 0.6) is 0 Å². The van der Waals surface area contributed by atoms with Gasteiger partial charge in [0.15, 0.2) is 6.20 Å². The molecule has 0 amide bonds. The van der Waals surface area contributed by atoms with Crippen LogP contribution in [-0.4, -0.2) is 4.57 Å². The number of hydrogen-bond donors (Lipinski definition) is 0. The zero-order chi connectivity index (χ0) is 18.4. The van der Waals surface area contributed by atoms with Gasteiger partial charge in [-0.15, -0.1) is 0 Å². The van der Waals surface area contributed by atoms with E-state index in [9.17, 15) is 0 Å². The first-order valence-electron chi connectivity index (χ1n) is 9.11. The molecule has 0 bridgehead atoms. The largest absolute Gasteiger partial charge is 0.311 e. The first kappa shape index (κ1) is 16.6. The molecule has 2 aromatic carbocycles. The lowest BCUT2D eigenvalue weighted by Gasteiger charge is -2.16. The van der Waals surface area contributed by atoms with E-state index in [1.54, 1.807) is 0 Å². The van der Waals surface area contributed by atoms with Gasteiger partial charge in [-0.2, -0.15) is 4.57 Å². The van der Waals surface area contributed by atoms with Crippen molar-refractivity contribution < 1.29 is 4.57 Å². The van der Waals surface area contributed by atoms with Gasteiger partial charge in [-0.3, -0.25) is 0 Å². The fraction of sp³-hybridized carbons (Fsp3) is 0.208. The summed E-state index contributed by atoms with van der Waals surface area (Å²) in [7, 11) is 2.13. The molecule has 130 valence electrons. The number of rotatable bonds is 2. The second-order valence-corrected chi connectivity index (χ2v) is 7.33. The van der Waals surface area contributed by atoms with Crippen LogP contribution in [0.25, 0.3) is 27.8 Å². The van der Waals surface area contributed by atoms with Gasteiger partial charge in [-0.05, 0) is 61.9 Å². The average Bonchev–Trinajstić information content (AvgIpc) is 2.95. The maximum atomic E-state index is 2.36. The number of hydrogen-bond acceptors (Lipinski definition) is 0. The Bertz CT molecular complexity index is 1110. The van der Waals surface area contributed by atoms with Crippen molar-refractivity contribution in [1.82, 2.24) is 4.57 Å². The first-order chi connectivity index (χ1) is 12.5. The Morgan fingerprint density at radius 3 is 2.23 bits per heavy atom. The van der Waals surface area contributed by atoms with E-state index < -0.39 is 0 Å². The third kappa shape index (κ3) is 2.53. The van der Waals surface area contributed by atoms with Crippen LogP contribution in [0.15, 0.2) is 60.9 Å². The Kier molecular flexibility index (Phi) is 3.91. The number of aryl methyl sites for hydroxylation is 5. The molecule has 4 rings (SSSR count). The summed E-state index contributed by atoms with van der Waals surface area (Å²) < 4.78 is 4.60. The van der Waals surface area contributed by atoms with Crippen molar-refractivity contribution in [2.24, 2.45) is 7.05 Å². The highest BCUT2D eigenvalue weighted by Gasteiger charge is 2.22. The van der Waals surface area contributed by atoms with Gasteiger partial charge in [0.05, 0.1) is 11.1 Å². The number of benzene rings is 2. The SMILES string of the molecule is Cc1cc(C)c(-n2ccc(C)c2-c2c3ccccc3cc[n+]2C)c(C)c1. The van der Waals surface area contributed by atoms with Crippen LogP contribution < -0.4 is 4.57 Å². The normalized spacial score (nSPS) is 11.3. The zero-order valence-electron chi connectivity index (χ0n) is 16.2. The summed E-state index contributed by atoms with van der Waals surface area (Å²) in [6.45, 7) is 8.78. The van der Waals surface area contributed by atoms with Crippen LogP contribution in [0.3, 0.4) is 0 Å². The number of nitrogens with zero attached hydrogens (tertiary/aromatic N) is 2. The summed E-state index contributed by atoms with van der Waals surface area (Å²) in [5.74, 6) is 0. The smallest absolute Gasteiger partial charge is 0.237 e. The third-order valence-electron chi connectivity index (χ3n) is 5.23. The van der Waals surface area contributed by atoms with Crippen molar-refractivity contribution >= 4 is 10.8 Å². The Balaban J connectivity index is 2.09. The van der Waals surface area contributed by atoms with Crippen molar-refractivity contribution in [3.63, 3.8) is 0 Å². The molecule has 0 saturated carbocycles. The lowest BCUT2D eigenvalue weighted by atomic mass is 10.0. The van der Waals surface area contributed by atoms with Crippen LogP contribution in [0.1, 0.15) is 22.3 Å². The lowest BCUT2D eigenvalue weighted by Crippen LogP contribution is -2.31. The third-order valence-corrected chi connectivity index (χ3v) is 5.23. The quantitative estimate of drug-likeness (QED) is 0.434. The molecule has 0 unspecified atom stereocenters. The van der Waals surface area contributed by atoms with Gasteiger partial charge in [-0.25, -0.2) is 0 Å². The maximum Gasteiger partial charge on any atom is 0.237 e. The molecule has 0 aliphatic heterocycles. The topological polar surface area (TPSA) is 8.81 Å². The van der Waals surface area contributed by atoms with Crippen LogP contribution in [-0.2, 0) is 7.05 Å². The molecule has 2 aromatic heterocycles. The fourth-order valence-electron chi connectivity index (χ4n) is 4.18. The van der Waals surface area contributed by atoms with Gasteiger partial charge in [0.25, 0.3) is 0 Å². The molecular formula is C24H25N2+. The summed E-state index contributed by atoms with van der Waals surface area (Å²) in [4.78, 5) is 0. The molecule has 0 saturated heterocycles. The van der Waals surface area contributed by atoms with Gasteiger partial charge in [-0.1, -0.05) is 35.9 Å². The summed E-state index contributed by atoms with van der Waals surface area (Å²) in [6, 6.07) is 17.6. The summed E-state index contributed by atoms with van der Waals surface area (Å²) >= 11 is 0. The minimum atomic E-state index is 1.25. The predicted molar refractivity (Wildman–Crippen MR) is 109 cm³/mol. The summed E-state index contributed by atoms with van der Waals surface area (Å²) in [5.41, 5.74) is 9.02. The zero-order valence-corrected chi connectivity index (χ0v) is 16.2. The number of pyridine rings is 1. The van der Waals surface area contributed by atoms with Gasteiger partial charge >= 0.3 is 0 Å². The van der Waals surface area contributed by atoms with E-state index in [0.717, 1.165) is 0 Å². The van der Waals surface area contributed by atoms with E-state index in [-0.39, 0.29) is 0 Å². The number of aromatic nitrogens is 2. The molecule has 2 heteroatoms. The molecular weight excluding hydrogens is 316 g/mol. The molecule has 0 N–H and O–H groups in total. The minimum Gasteiger partial charge on any atom is -0.311 e.